The van der Waals surface area contributed by atoms with Crippen LogP contribution in [0.2, 0.25) is 0 Å². The van der Waals surface area contributed by atoms with Crippen molar-refractivity contribution in [3.05, 3.63) is 29.3 Å². The van der Waals surface area contributed by atoms with Crippen molar-refractivity contribution >= 4 is 0 Å². The largest absolute Gasteiger partial charge is 0.496 e. The van der Waals surface area contributed by atoms with E-state index in [1.807, 2.05) is 6.07 Å². The van der Waals surface area contributed by atoms with E-state index >= 15 is 0 Å². The standard InChI is InChI=1S/C11H17NO/c1-3-4-9-5-6-10(8-12)11(7-9)13-2/h5-7H,3-4,8,12H2,1-2H3. The predicted octanol–water partition coefficient (Wildman–Crippen LogP) is 2.11. The number of aryl methyl sites for hydroxylation is 1. The van der Waals surface area contributed by atoms with E-state index in [0.717, 1.165) is 24.2 Å². The molecule has 72 valence electrons. The minimum atomic E-state index is 0.537. The molecule has 1 aromatic carbocycles. The molecule has 1 rings (SSSR count). The molecule has 2 heteroatoms. The molecule has 0 aliphatic carbocycles. The summed E-state index contributed by atoms with van der Waals surface area (Å²) in [5, 5.41) is 0. The van der Waals surface area contributed by atoms with E-state index in [1.165, 1.54) is 5.56 Å². The number of methoxy groups -OCH3 is 1. The molecule has 0 atom stereocenters. The molecule has 0 amide bonds. The van der Waals surface area contributed by atoms with Gasteiger partial charge in [-0.15, -0.1) is 0 Å². The monoisotopic (exact) mass is 179 g/mol. The van der Waals surface area contributed by atoms with Crippen molar-refractivity contribution in [1.29, 1.82) is 0 Å². The van der Waals surface area contributed by atoms with Crippen molar-refractivity contribution in [1.82, 2.24) is 0 Å². The van der Waals surface area contributed by atoms with E-state index < -0.39 is 0 Å². The van der Waals surface area contributed by atoms with Gasteiger partial charge in [0.25, 0.3) is 0 Å². The molecule has 2 N–H and O–H groups in total. The molecule has 2 nitrogen and oxygen atoms in total. The molecule has 0 fully saturated rings. The van der Waals surface area contributed by atoms with Crippen molar-refractivity contribution in [2.75, 3.05) is 7.11 Å². The molecule has 0 unspecified atom stereocenters. The van der Waals surface area contributed by atoms with Crippen LogP contribution >= 0.6 is 0 Å². The summed E-state index contributed by atoms with van der Waals surface area (Å²) in [6.45, 7) is 2.71. The molecule has 13 heavy (non-hydrogen) atoms. The maximum Gasteiger partial charge on any atom is 0.123 e. The highest BCUT2D eigenvalue weighted by Gasteiger charge is 2.01. The fourth-order valence-corrected chi connectivity index (χ4v) is 1.40. The molecule has 0 saturated heterocycles. The van der Waals surface area contributed by atoms with Gasteiger partial charge in [0.2, 0.25) is 0 Å². The lowest BCUT2D eigenvalue weighted by atomic mass is 10.1. The van der Waals surface area contributed by atoms with Gasteiger partial charge in [-0.1, -0.05) is 25.5 Å². The van der Waals surface area contributed by atoms with Gasteiger partial charge in [0.15, 0.2) is 0 Å². The third kappa shape index (κ3) is 2.46. The predicted molar refractivity (Wildman–Crippen MR) is 54.9 cm³/mol. The zero-order valence-corrected chi connectivity index (χ0v) is 8.34. The first-order valence-electron chi connectivity index (χ1n) is 4.67. The molecule has 0 saturated carbocycles. The maximum atomic E-state index is 5.57. The van der Waals surface area contributed by atoms with Gasteiger partial charge >= 0.3 is 0 Å². The third-order valence-corrected chi connectivity index (χ3v) is 2.11. The van der Waals surface area contributed by atoms with Gasteiger partial charge in [0.05, 0.1) is 7.11 Å². The van der Waals surface area contributed by atoms with Crippen LogP contribution in [0.5, 0.6) is 5.75 Å². The van der Waals surface area contributed by atoms with E-state index in [2.05, 4.69) is 19.1 Å². The molecule has 0 aromatic heterocycles. The average Bonchev–Trinajstić information content (AvgIpc) is 2.18. The van der Waals surface area contributed by atoms with Gasteiger partial charge in [0, 0.05) is 12.1 Å². The fraction of sp³-hybridized carbons (Fsp3) is 0.455. The first-order chi connectivity index (χ1) is 6.31. The first-order valence-corrected chi connectivity index (χ1v) is 4.67. The average molecular weight is 179 g/mol. The van der Waals surface area contributed by atoms with Gasteiger partial charge in [-0.25, -0.2) is 0 Å². The minimum absolute atomic E-state index is 0.537. The summed E-state index contributed by atoms with van der Waals surface area (Å²) in [6.07, 6.45) is 2.26. The summed E-state index contributed by atoms with van der Waals surface area (Å²) < 4.78 is 5.24. The molecule has 0 radical (unpaired) electrons. The quantitative estimate of drug-likeness (QED) is 0.768. The Kier molecular flexibility index (Phi) is 3.77. The highest BCUT2D eigenvalue weighted by atomic mass is 16.5. The van der Waals surface area contributed by atoms with Gasteiger partial charge < -0.3 is 10.5 Å². The van der Waals surface area contributed by atoms with Gasteiger partial charge in [-0.3, -0.25) is 0 Å². The van der Waals surface area contributed by atoms with Crippen LogP contribution in [0.15, 0.2) is 18.2 Å². The molecule has 0 aliphatic rings. The number of benzene rings is 1. The topological polar surface area (TPSA) is 35.2 Å². The van der Waals surface area contributed by atoms with Crippen LogP contribution in [-0.4, -0.2) is 7.11 Å². The lowest BCUT2D eigenvalue weighted by Gasteiger charge is -2.08. The Morgan fingerprint density at radius 2 is 2.15 bits per heavy atom. The van der Waals surface area contributed by atoms with Crippen LogP contribution < -0.4 is 10.5 Å². The van der Waals surface area contributed by atoms with Gasteiger partial charge in [-0.05, 0) is 18.1 Å². The van der Waals surface area contributed by atoms with Crippen LogP contribution in [0.25, 0.3) is 0 Å². The zero-order valence-electron chi connectivity index (χ0n) is 8.34. The van der Waals surface area contributed by atoms with Crippen molar-refractivity contribution in [2.24, 2.45) is 5.73 Å². The second kappa shape index (κ2) is 4.87. The number of hydrogen-bond acceptors (Lipinski definition) is 2. The van der Waals surface area contributed by atoms with Crippen molar-refractivity contribution in [3.63, 3.8) is 0 Å². The summed E-state index contributed by atoms with van der Waals surface area (Å²) in [7, 11) is 1.68. The summed E-state index contributed by atoms with van der Waals surface area (Å²) >= 11 is 0. The molecular formula is C11H17NO. The summed E-state index contributed by atoms with van der Waals surface area (Å²) in [6, 6.07) is 6.24. The van der Waals surface area contributed by atoms with E-state index in [1.54, 1.807) is 7.11 Å². The van der Waals surface area contributed by atoms with Crippen LogP contribution in [-0.2, 0) is 13.0 Å². The highest BCUT2D eigenvalue weighted by molar-refractivity contribution is 5.37. The maximum absolute atomic E-state index is 5.57. The number of ether oxygens (including phenoxy) is 1. The second-order valence-corrected chi connectivity index (χ2v) is 3.10. The van der Waals surface area contributed by atoms with Crippen LogP contribution in [0.1, 0.15) is 24.5 Å². The lowest BCUT2D eigenvalue weighted by molar-refractivity contribution is 0.409. The smallest absolute Gasteiger partial charge is 0.123 e. The Balaban J connectivity index is 2.91. The number of rotatable bonds is 4. The summed E-state index contributed by atoms with van der Waals surface area (Å²) in [5.41, 5.74) is 7.96. The third-order valence-electron chi connectivity index (χ3n) is 2.11. The van der Waals surface area contributed by atoms with Gasteiger partial charge in [0.1, 0.15) is 5.75 Å². The van der Waals surface area contributed by atoms with Crippen LogP contribution in [0.3, 0.4) is 0 Å². The lowest BCUT2D eigenvalue weighted by Crippen LogP contribution is -2.00. The Morgan fingerprint density at radius 1 is 1.38 bits per heavy atom. The number of hydrogen-bond donors (Lipinski definition) is 1. The summed E-state index contributed by atoms with van der Waals surface area (Å²) in [4.78, 5) is 0. The first kappa shape index (κ1) is 10.1. The molecule has 0 aliphatic heterocycles. The number of nitrogens with two attached hydrogens (primary N) is 1. The SMILES string of the molecule is CCCc1ccc(CN)c(OC)c1. The van der Waals surface area contributed by atoms with Gasteiger partial charge in [-0.2, -0.15) is 0 Å². The van der Waals surface area contributed by atoms with Crippen molar-refractivity contribution < 1.29 is 4.74 Å². The molecule has 0 heterocycles. The Hall–Kier alpha value is -1.02. The molecular weight excluding hydrogens is 162 g/mol. The van der Waals surface area contributed by atoms with Crippen LogP contribution in [0.4, 0.5) is 0 Å². The summed E-state index contributed by atoms with van der Waals surface area (Å²) in [5.74, 6) is 0.911. The van der Waals surface area contributed by atoms with Crippen LogP contribution in [0, 0.1) is 0 Å². The molecule has 0 spiro atoms. The Morgan fingerprint density at radius 3 is 2.69 bits per heavy atom. The minimum Gasteiger partial charge on any atom is -0.496 e. The Bertz CT molecular complexity index is 271. The zero-order chi connectivity index (χ0) is 9.68. The van der Waals surface area contributed by atoms with E-state index in [-0.39, 0.29) is 0 Å². The normalized spacial score (nSPS) is 10.1. The fourth-order valence-electron chi connectivity index (χ4n) is 1.40. The van der Waals surface area contributed by atoms with E-state index in [9.17, 15) is 0 Å². The van der Waals surface area contributed by atoms with Crippen molar-refractivity contribution in [3.8, 4) is 5.75 Å². The second-order valence-electron chi connectivity index (χ2n) is 3.10. The van der Waals surface area contributed by atoms with Crippen molar-refractivity contribution in [2.45, 2.75) is 26.3 Å². The van der Waals surface area contributed by atoms with E-state index in [0.29, 0.717) is 6.54 Å². The highest BCUT2D eigenvalue weighted by Crippen LogP contribution is 2.20. The Labute approximate surface area is 79.7 Å². The molecule has 1 aromatic rings. The molecule has 0 bridgehead atoms. The van der Waals surface area contributed by atoms with E-state index in [4.69, 9.17) is 10.5 Å².